The van der Waals surface area contributed by atoms with Gasteiger partial charge in [-0.3, -0.25) is 0 Å². The van der Waals surface area contributed by atoms with Crippen molar-refractivity contribution in [2.24, 2.45) is 0 Å². The first-order valence-electron chi connectivity index (χ1n) is 9.41. The fourth-order valence-corrected chi connectivity index (χ4v) is 4.04. The number of benzene rings is 2. The lowest BCUT2D eigenvalue weighted by Crippen LogP contribution is -2.33. The molecule has 0 amide bonds. The zero-order valence-corrected chi connectivity index (χ0v) is 16.0. The van der Waals surface area contributed by atoms with Crippen LogP contribution < -0.4 is 4.90 Å². The van der Waals surface area contributed by atoms with Gasteiger partial charge in [-0.05, 0) is 53.8 Å². The Balaban J connectivity index is 1.83. The molecule has 2 aromatic rings. The lowest BCUT2D eigenvalue weighted by molar-refractivity contribution is 0.766. The molecule has 0 aromatic heterocycles. The van der Waals surface area contributed by atoms with Crippen LogP contribution in [-0.2, 0) is 0 Å². The van der Waals surface area contributed by atoms with Gasteiger partial charge in [0, 0.05) is 29.8 Å². The molecule has 4 rings (SSSR count). The fourth-order valence-electron chi connectivity index (χ4n) is 4.04. The highest BCUT2D eigenvalue weighted by Gasteiger charge is 2.27. The molecular weight excluding hydrogens is 356 g/mol. The van der Waals surface area contributed by atoms with Crippen LogP contribution in [-0.4, -0.2) is 13.1 Å². The maximum absolute atomic E-state index is 9.47. The molecule has 0 bridgehead atoms. The summed E-state index contributed by atoms with van der Waals surface area (Å²) in [6, 6.07) is 13.4. The van der Waals surface area contributed by atoms with Crippen LogP contribution in [0, 0.1) is 34.0 Å². The Hall–Kier alpha value is -4.07. The maximum atomic E-state index is 9.47. The largest absolute Gasteiger partial charge is 0.370 e. The number of nitrogens with zero attached hydrogens (tertiary/aromatic N) is 4. The van der Waals surface area contributed by atoms with E-state index in [1.807, 2.05) is 12.1 Å². The van der Waals surface area contributed by atoms with Crippen LogP contribution in [0.25, 0.3) is 23.3 Å². The molecule has 29 heavy (non-hydrogen) atoms. The van der Waals surface area contributed by atoms with E-state index in [1.54, 1.807) is 6.08 Å². The molecule has 0 unspecified atom stereocenters. The number of hydrogen-bond donors (Lipinski definition) is 0. The van der Waals surface area contributed by atoms with E-state index < -0.39 is 0 Å². The first kappa shape index (κ1) is 18.3. The molecule has 4 heteroatoms. The van der Waals surface area contributed by atoms with Gasteiger partial charge in [-0.15, -0.1) is 0 Å². The van der Waals surface area contributed by atoms with E-state index in [0.29, 0.717) is 22.3 Å². The molecule has 2 aliphatic rings. The Labute approximate surface area is 170 Å². The summed E-state index contributed by atoms with van der Waals surface area (Å²) in [5.41, 5.74) is 8.20. The molecule has 2 aliphatic heterocycles. The Morgan fingerprint density at radius 3 is 1.83 bits per heavy atom. The van der Waals surface area contributed by atoms with Gasteiger partial charge in [0.2, 0.25) is 0 Å². The average molecular weight is 374 g/mol. The first-order chi connectivity index (χ1) is 14.0. The highest BCUT2D eigenvalue weighted by molar-refractivity contribution is 5.92. The van der Waals surface area contributed by atoms with Crippen LogP contribution in [0.4, 0.5) is 5.69 Å². The molecule has 2 aromatic carbocycles. The van der Waals surface area contributed by atoms with E-state index in [4.69, 9.17) is 5.26 Å². The van der Waals surface area contributed by atoms with Crippen LogP contribution in [0.15, 0.2) is 37.4 Å². The van der Waals surface area contributed by atoms with Crippen molar-refractivity contribution in [2.45, 2.75) is 12.8 Å². The van der Waals surface area contributed by atoms with Crippen molar-refractivity contribution in [1.82, 2.24) is 0 Å². The standard InChI is InChI=1S/C25H18N4/c1-16-5-7-29-8-6-17(2)24-12-18(11-23(16)25(24)29)3-4-22-20(14-27)9-19(13-26)10-21(22)15-28/h3-4,9-12H,1-2,5-8H2. The van der Waals surface area contributed by atoms with E-state index in [-0.39, 0.29) is 0 Å². The third-order valence-corrected chi connectivity index (χ3v) is 5.57. The second-order valence-corrected chi connectivity index (χ2v) is 7.31. The lowest BCUT2D eigenvalue weighted by atomic mass is 9.85. The van der Waals surface area contributed by atoms with Gasteiger partial charge in [0.05, 0.1) is 40.6 Å². The first-order valence-corrected chi connectivity index (χ1v) is 9.41. The number of anilines is 1. The van der Waals surface area contributed by atoms with Gasteiger partial charge in [-0.2, -0.15) is 15.8 Å². The average Bonchev–Trinajstić information content (AvgIpc) is 2.75. The number of rotatable bonds is 2. The van der Waals surface area contributed by atoms with E-state index in [1.165, 1.54) is 17.8 Å². The van der Waals surface area contributed by atoms with E-state index in [9.17, 15) is 10.5 Å². The van der Waals surface area contributed by atoms with E-state index >= 15 is 0 Å². The van der Waals surface area contributed by atoms with Gasteiger partial charge >= 0.3 is 0 Å². The fraction of sp³-hybridized carbons (Fsp3) is 0.160. The zero-order chi connectivity index (χ0) is 20.5. The maximum Gasteiger partial charge on any atom is 0.0998 e. The van der Waals surface area contributed by atoms with Crippen molar-refractivity contribution in [3.63, 3.8) is 0 Å². The highest BCUT2D eigenvalue weighted by Crippen LogP contribution is 2.43. The normalized spacial score (nSPS) is 14.9. The number of nitriles is 3. The Kier molecular flexibility index (Phi) is 4.52. The smallest absolute Gasteiger partial charge is 0.0998 e. The van der Waals surface area contributed by atoms with Crippen molar-refractivity contribution in [1.29, 1.82) is 15.8 Å². The van der Waals surface area contributed by atoms with E-state index in [0.717, 1.165) is 53.8 Å². The van der Waals surface area contributed by atoms with Crippen molar-refractivity contribution in [2.75, 3.05) is 18.0 Å². The topological polar surface area (TPSA) is 74.6 Å². The van der Waals surface area contributed by atoms with Crippen LogP contribution in [0.5, 0.6) is 0 Å². The zero-order valence-electron chi connectivity index (χ0n) is 16.0. The summed E-state index contributed by atoms with van der Waals surface area (Å²) in [6.07, 6.45) is 5.58. The van der Waals surface area contributed by atoms with Gasteiger partial charge in [-0.1, -0.05) is 25.3 Å². The minimum atomic E-state index is 0.307. The minimum Gasteiger partial charge on any atom is -0.370 e. The number of hydrogen-bond acceptors (Lipinski definition) is 4. The molecule has 0 aliphatic carbocycles. The second-order valence-electron chi connectivity index (χ2n) is 7.31. The summed E-state index contributed by atoms with van der Waals surface area (Å²) in [4.78, 5) is 2.41. The summed E-state index contributed by atoms with van der Waals surface area (Å²) in [6.45, 7) is 10.5. The van der Waals surface area contributed by atoms with Crippen LogP contribution in [0.1, 0.15) is 51.8 Å². The molecule has 0 N–H and O–H groups in total. The summed E-state index contributed by atoms with van der Waals surface area (Å²) >= 11 is 0. The second kappa shape index (κ2) is 7.16. The Morgan fingerprint density at radius 2 is 1.34 bits per heavy atom. The van der Waals surface area contributed by atoms with Crippen molar-refractivity contribution >= 4 is 29.0 Å². The quantitative estimate of drug-likeness (QED) is 0.684. The predicted molar refractivity (Wildman–Crippen MR) is 115 cm³/mol. The van der Waals surface area contributed by atoms with Crippen molar-refractivity contribution in [3.05, 3.63) is 76.4 Å². The summed E-state index contributed by atoms with van der Waals surface area (Å²) in [5, 5.41) is 28.1. The van der Waals surface area contributed by atoms with Crippen LogP contribution >= 0.6 is 0 Å². The van der Waals surface area contributed by atoms with Crippen molar-refractivity contribution in [3.8, 4) is 18.2 Å². The predicted octanol–water partition coefficient (Wildman–Crippen LogP) is 5.11. The van der Waals surface area contributed by atoms with Gasteiger partial charge in [-0.25, -0.2) is 0 Å². The van der Waals surface area contributed by atoms with Gasteiger partial charge in [0.1, 0.15) is 0 Å². The summed E-state index contributed by atoms with van der Waals surface area (Å²) < 4.78 is 0. The minimum absolute atomic E-state index is 0.307. The Bertz CT molecular complexity index is 1150. The SMILES string of the molecule is C=C1CCN2CCC(=C)c3cc(C=Cc4c(C#N)cc(C#N)cc4C#N)cc1c32. The molecule has 0 saturated heterocycles. The highest BCUT2D eigenvalue weighted by atomic mass is 15.1. The molecule has 0 saturated carbocycles. The molecule has 0 radical (unpaired) electrons. The van der Waals surface area contributed by atoms with E-state index in [2.05, 4.69) is 42.3 Å². The molecule has 138 valence electrons. The molecule has 0 atom stereocenters. The monoisotopic (exact) mass is 374 g/mol. The van der Waals surface area contributed by atoms with Gasteiger partial charge in [0.25, 0.3) is 0 Å². The van der Waals surface area contributed by atoms with Gasteiger partial charge < -0.3 is 4.90 Å². The molecule has 0 fully saturated rings. The summed E-state index contributed by atoms with van der Waals surface area (Å²) in [7, 11) is 0. The van der Waals surface area contributed by atoms with Gasteiger partial charge in [0.15, 0.2) is 0 Å². The third kappa shape index (κ3) is 3.10. The lowest BCUT2D eigenvalue weighted by Gasteiger charge is -2.38. The van der Waals surface area contributed by atoms with Crippen LogP contribution in [0.2, 0.25) is 0 Å². The molecular formula is C25H18N4. The molecule has 2 heterocycles. The van der Waals surface area contributed by atoms with Crippen molar-refractivity contribution < 1.29 is 0 Å². The molecule has 4 nitrogen and oxygen atoms in total. The molecule has 0 spiro atoms. The third-order valence-electron chi connectivity index (χ3n) is 5.57. The summed E-state index contributed by atoms with van der Waals surface area (Å²) in [5.74, 6) is 0. The van der Waals surface area contributed by atoms with Crippen LogP contribution in [0.3, 0.4) is 0 Å². The Morgan fingerprint density at radius 1 is 0.793 bits per heavy atom.